The van der Waals surface area contributed by atoms with Gasteiger partial charge in [-0.3, -0.25) is 4.79 Å². The van der Waals surface area contributed by atoms with Crippen LogP contribution >= 0.6 is 0 Å². The molecule has 0 bridgehead atoms. The Balaban J connectivity index is 1.84. The molecule has 5 nitrogen and oxygen atoms in total. The summed E-state index contributed by atoms with van der Waals surface area (Å²) in [5.74, 6) is 0.475. The fourth-order valence-electron chi connectivity index (χ4n) is 2.92. The van der Waals surface area contributed by atoms with Crippen LogP contribution in [0.2, 0.25) is 0 Å². The molecule has 1 atom stereocenters. The number of carbonyl (C=O) groups excluding carboxylic acids is 1. The number of halogens is 1. The van der Waals surface area contributed by atoms with Crippen LogP contribution in [0.5, 0.6) is 0 Å². The summed E-state index contributed by atoms with van der Waals surface area (Å²) in [5.41, 5.74) is 0.727. The molecule has 0 radical (unpaired) electrons. The second kappa shape index (κ2) is 6.48. The van der Waals surface area contributed by atoms with Gasteiger partial charge < -0.3 is 10.2 Å². The first kappa shape index (κ1) is 15.6. The Morgan fingerprint density at radius 2 is 2.22 bits per heavy atom. The molecule has 1 aromatic carbocycles. The third-order valence-corrected chi connectivity index (χ3v) is 4.17. The van der Waals surface area contributed by atoms with Crippen molar-refractivity contribution in [2.24, 2.45) is 5.92 Å². The van der Waals surface area contributed by atoms with E-state index in [4.69, 9.17) is 0 Å². The summed E-state index contributed by atoms with van der Waals surface area (Å²) in [6, 6.07) is 4.64. The zero-order valence-electron chi connectivity index (χ0n) is 13.4. The molecule has 0 saturated carbocycles. The molecule has 1 aromatic heterocycles. The van der Waals surface area contributed by atoms with E-state index in [1.807, 2.05) is 13.8 Å². The number of anilines is 1. The zero-order valence-corrected chi connectivity index (χ0v) is 13.4. The van der Waals surface area contributed by atoms with E-state index in [9.17, 15) is 9.18 Å². The van der Waals surface area contributed by atoms with Gasteiger partial charge in [0.15, 0.2) is 0 Å². The van der Waals surface area contributed by atoms with Gasteiger partial charge in [0.2, 0.25) is 5.91 Å². The molecule has 1 aliphatic rings. The van der Waals surface area contributed by atoms with Gasteiger partial charge in [0.1, 0.15) is 18.0 Å². The van der Waals surface area contributed by atoms with Crippen molar-refractivity contribution in [3.05, 3.63) is 30.3 Å². The zero-order chi connectivity index (χ0) is 16.4. The number of hydrogen-bond donors (Lipinski definition) is 1. The monoisotopic (exact) mass is 316 g/mol. The molecule has 1 saturated heterocycles. The maximum absolute atomic E-state index is 13.6. The number of rotatable bonds is 3. The average Bonchev–Trinajstić information content (AvgIpc) is 2.54. The van der Waals surface area contributed by atoms with Gasteiger partial charge in [0.25, 0.3) is 0 Å². The fraction of sp³-hybridized carbons (Fsp3) is 0.471. The molecule has 1 aliphatic heterocycles. The van der Waals surface area contributed by atoms with Crippen molar-refractivity contribution in [1.29, 1.82) is 0 Å². The van der Waals surface area contributed by atoms with E-state index in [1.54, 1.807) is 6.07 Å². The fourth-order valence-corrected chi connectivity index (χ4v) is 2.92. The highest BCUT2D eigenvalue weighted by atomic mass is 19.1. The molecule has 0 spiro atoms. The van der Waals surface area contributed by atoms with E-state index in [2.05, 4.69) is 20.2 Å². The second-order valence-electron chi connectivity index (χ2n) is 6.31. The molecule has 0 aliphatic carbocycles. The molecule has 1 unspecified atom stereocenters. The minimum absolute atomic E-state index is 0.0284. The largest absolute Gasteiger partial charge is 0.354 e. The molecule has 23 heavy (non-hydrogen) atoms. The molecule has 6 heteroatoms. The SMILES string of the molecule is CC(C)C(=O)NC1CCCN(c2ncnc3ccc(F)cc23)C1. The van der Waals surface area contributed by atoms with Crippen molar-refractivity contribution >= 4 is 22.6 Å². The van der Waals surface area contributed by atoms with Gasteiger partial charge in [0.05, 0.1) is 5.52 Å². The summed E-state index contributed by atoms with van der Waals surface area (Å²) in [6.07, 6.45) is 3.42. The van der Waals surface area contributed by atoms with Crippen LogP contribution in [0.4, 0.5) is 10.2 Å². The third kappa shape index (κ3) is 3.41. The predicted molar refractivity (Wildman–Crippen MR) is 87.7 cm³/mol. The van der Waals surface area contributed by atoms with Crippen LogP contribution in [0.25, 0.3) is 10.9 Å². The number of amides is 1. The standard InChI is InChI=1S/C17H21FN4O/c1-11(2)17(23)21-13-4-3-7-22(9-13)16-14-8-12(18)5-6-15(14)19-10-20-16/h5-6,8,10-11,13H,3-4,7,9H2,1-2H3,(H,21,23). The maximum Gasteiger partial charge on any atom is 0.222 e. The summed E-state index contributed by atoms with van der Waals surface area (Å²) in [5, 5.41) is 3.79. The molecular formula is C17H21FN4O. The molecule has 2 heterocycles. The van der Waals surface area contributed by atoms with E-state index < -0.39 is 0 Å². The molecule has 1 fully saturated rings. The van der Waals surface area contributed by atoms with Gasteiger partial charge in [-0.05, 0) is 31.0 Å². The van der Waals surface area contributed by atoms with E-state index in [0.717, 1.165) is 30.7 Å². The van der Waals surface area contributed by atoms with Gasteiger partial charge in [-0.15, -0.1) is 0 Å². The van der Waals surface area contributed by atoms with Crippen LogP contribution in [-0.4, -0.2) is 35.0 Å². The second-order valence-corrected chi connectivity index (χ2v) is 6.31. The lowest BCUT2D eigenvalue weighted by Crippen LogP contribution is -2.49. The van der Waals surface area contributed by atoms with Gasteiger partial charge in [-0.2, -0.15) is 0 Å². The highest BCUT2D eigenvalue weighted by Gasteiger charge is 2.24. The normalized spacial score (nSPS) is 18.4. The van der Waals surface area contributed by atoms with Crippen LogP contribution in [0, 0.1) is 11.7 Å². The first-order valence-electron chi connectivity index (χ1n) is 8.00. The average molecular weight is 316 g/mol. The molecule has 1 N–H and O–H groups in total. The Kier molecular flexibility index (Phi) is 4.41. The van der Waals surface area contributed by atoms with Crippen molar-refractivity contribution in [1.82, 2.24) is 15.3 Å². The van der Waals surface area contributed by atoms with E-state index in [-0.39, 0.29) is 23.7 Å². The van der Waals surface area contributed by atoms with Crippen LogP contribution in [-0.2, 0) is 4.79 Å². The smallest absolute Gasteiger partial charge is 0.222 e. The first-order chi connectivity index (χ1) is 11.0. The van der Waals surface area contributed by atoms with Crippen LogP contribution in [0.3, 0.4) is 0 Å². The summed E-state index contributed by atoms with van der Waals surface area (Å²) in [7, 11) is 0. The molecule has 3 rings (SSSR count). The molecular weight excluding hydrogens is 295 g/mol. The number of hydrogen-bond acceptors (Lipinski definition) is 4. The van der Waals surface area contributed by atoms with Crippen LogP contribution in [0.15, 0.2) is 24.5 Å². The Morgan fingerprint density at radius 3 is 3.00 bits per heavy atom. The summed E-state index contributed by atoms with van der Waals surface area (Å²) < 4.78 is 13.6. The summed E-state index contributed by atoms with van der Waals surface area (Å²) in [4.78, 5) is 22.6. The van der Waals surface area contributed by atoms with Crippen molar-refractivity contribution in [3.63, 3.8) is 0 Å². The maximum atomic E-state index is 13.6. The van der Waals surface area contributed by atoms with Crippen LogP contribution < -0.4 is 10.2 Å². The lowest BCUT2D eigenvalue weighted by Gasteiger charge is -2.34. The highest BCUT2D eigenvalue weighted by molar-refractivity contribution is 5.89. The van der Waals surface area contributed by atoms with E-state index >= 15 is 0 Å². The van der Waals surface area contributed by atoms with Crippen molar-refractivity contribution in [2.75, 3.05) is 18.0 Å². The minimum Gasteiger partial charge on any atom is -0.354 e. The highest BCUT2D eigenvalue weighted by Crippen LogP contribution is 2.26. The number of fused-ring (bicyclic) bond motifs is 1. The van der Waals surface area contributed by atoms with Gasteiger partial charge in [-0.25, -0.2) is 14.4 Å². The van der Waals surface area contributed by atoms with Crippen molar-refractivity contribution in [3.8, 4) is 0 Å². The van der Waals surface area contributed by atoms with E-state index in [0.29, 0.717) is 11.9 Å². The Labute approximate surface area is 134 Å². The van der Waals surface area contributed by atoms with Gasteiger partial charge in [0, 0.05) is 30.4 Å². The Morgan fingerprint density at radius 1 is 1.39 bits per heavy atom. The number of piperidine rings is 1. The number of nitrogens with zero attached hydrogens (tertiary/aromatic N) is 3. The lowest BCUT2D eigenvalue weighted by atomic mass is 10.0. The van der Waals surface area contributed by atoms with E-state index in [1.165, 1.54) is 18.5 Å². The van der Waals surface area contributed by atoms with Gasteiger partial charge in [-0.1, -0.05) is 13.8 Å². The Hall–Kier alpha value is -2.24. The van der Waals surface area contributed by atoms with Crippen molar-refractivity contribution in [2.45, 2.75) is 32.7 Å². The summed E-state index contributed by atoms with van der Waals surface area (Å²) >= 11 is 0. The van der Waals surface area contributed by atoms with Crippen molar-refractivity contribution < 1.29 is 9.18 Å². The minimum atomic E-state index is -0.296. The number of nitrogens with one attached hydrogen (secondary N) is 1. The molecule has 2 aromatic rings. The Bertz CT molecular complexity index is 719. The summed E-state index contributed by atoms with van der Waals surface area (Å²) in [6.45, 7) is 5.30. The van der Waals surface area contributed by atoms with Gasteiger partial charge >= 0.3 is 0 Å². The molecule has 1 amide bonds. The lowest BCUT2D eigenvalue weighted by molar-refractivity contribution is -0.124. The first-order valence-corrected chi connectivity index (χ1v) is 8.00. The number of carbonyl (C=O) groups is 1. The number of benzene rings is 1. The quantitative estimate of drug-likeness (QED) is 0.945. The topological polar surface area (TPSA) is 58.1 Å². The third-order valence-electron chi connectivity index (χ3n) is 4.17. The molecule has 122 valence electrons. The number of aromatic nitrogens is 2. The van der Waals surface area contributed by atoms with Crippen LogP contribution in [0.1, 0.15) is 26.7 Å². The predicted octanol–water partition coefficient (Wildman–Crippen LogP) is 2.51.